The monoisotopic (exact) mass is 486 g/mol. The van der Waals surface area contributed by atoms with E-state index >= 15 is 0 Å². The third kappa shape index (κ3) is 3.17. The molecule has 1 aromatic carbocycles. The Balaban J connectivity index is 2.02. The molecule has 10 nitrogen and oxygen atoms in total. The van der Waals surface area contributed by atoms with E-state index in [2.05, 4.69) is 0 Å². The Morgan fingerprint density at radius 3 is 2.26 bits per heavy atom. The van der Waals surface area contributed by atoms with Crippen LogP contribution in [-0.4, -0.2) is 79.7 Å². The first-order valence-electron chi connectivity index (χ1n) is 11.2. The van der Waals surface area contributed by atoms with Crippen LogP contribution in [0.5, 0.6) is 5.75 Å². The van der Waals surface area contributed by atoms with Crippen molar-refractivity contribution in [3.63, 3.8) is 0 Å². The van der Waals surface area contributed by atoms with Gasteiger partial charge >= 0.3 is 0 Å². The van der Waals surface area contributed by atoms with Crippen molar-refractivity contribution < 1.29 is 39.9 Å². The molecule has 1 amide bonds. The molecule has 0 saturated heterocycles. The molecule has 0 aliphatic heterocycles. The number of carbonyl (C=O) groups is 3. The molecule has 0 aromatic heterocycles. The number of phenolic OH excluding ortho intramolecular Hbond substituents is 1. The molecule has 188 valence electrons. The number of ketones is 2. The molecule has 3 aliphatic carbocycles. The average molecular weight is 487 g/mol. The number of carbonyl (C=O) groups excluding carboxylic acids is 3. The summed E-state index contributed by atoms with van der Waals surface area (Å²) in [5, 5.41) is 56.1. The van der Waals surface area contributed by atoms with Crippen molar-refractivity contribution >= 4 is 23.2 Å². The predicted molar refractivity (Wildman–Crippen MR) is 124 cm³/mol. The fourth-order valence-corrected chi connectivity index (χ4v) is 5.84. The zero-order valence-electron chi connectivity index (χ0n) is 20.2. The van der Waals surface area contributed by atoms with Gasteiger partial charge in [0, 0.05) is 17.1 Å². The Hall–Kier alpha value is -3.21. The Labute approximate surface area is 202 Å². The number of primary amides is 1. The van der Waals surface area contributed by atoms with Gasteiger partial charge in [-0.2, -0.15) is 0 Å². The minimum Gasteiger partial charge on any atom is -0.508 e. The molecule has 0 bridgehead atoms. The number of rotatable bonds is 2. The number of phenols is 1. The summed E-state index contributed by atoms with van der Waals surface area (Å²) in [5.41, 5.74) is 1.55. The van der Waals surface area contributed by atoms with E-state index in [9.17, 15) is 39.9 Å². The van der Waals surface area contributed by atoms with Crippen molar-refractivity contribution in [2.24, 2.45) is 17.6 Å². The van der Waals surface area contributed by atoms with E-state index in [0.29, 0.717) is 11.1 Å². The van der Waals surface area contributed by atoms with Crippen LogP contribution in [0.15, 0.2) is 29.0 Å². The normalized spacial score (nSPS) is 30.9. The summed E-state index contributed by atoms with van der Waals surface area (Å²) in [5.74, 6) is -8.15. The summed E-state index contributed by atoms with van der Waals surface area (Å²) < 4.78 is 0. The SMILES string of the molecule is CN(C)[C@H]1C(=O)C(C(N)=O)=C(O)[C@]2(O)C(=O)C3=C(O)c4c(ccc(C(C)(C)C)c4O)C[C@@H]3[C@@H](O)[C@H]12. The zero-order valence-corrected chi connectivity index (χ0v) is 20.2. The number of aliphatic hydroxyl groups excluding tert-OH is 3. The Morgan fingerprint density at radius 2 is 1.74 bits per heavy atom. The van der Waals surface area contributed by atoms with E-state index in [0.717, 1.165) is 0 Å². The van der Waals surface area contributed by atoms with Crippen molar-refractivity contribution in [2.45, 2.75) is 50.4 Å². The van der Waals surface area contributed by atoms with E-state index in [-0.39, 0.29) is 17.7 Å². The Morgan fingerprint density at radius 1 is 1.14 bits per heavy atom. The van der Waals surface area contributed by atoms with Crippen LogP contribution >= 0.6 is 0 Å². The molecule has 0 radical (unpaired) electrons. The largest absolute Gasteiger partial charge is 0.508 e. The number of nitrogens with two attached hydrogens (primary N) is 1. The highest BCUT2D eigenvalue weighted by molar-refractivity contribution is 6.24. The molecule has 0 heterocycles. The summed E-state index contributed by atoms with van der Waals surface area (Å²) in [6.45, 7) is 5.59. The van der Waals surface area contributed by atoms with E-state index in [1.807, 2.05) is 20.8 Å². The maximum absolute atomic E-state index is 13.8. The predicted octanol–water partition coefficient (Wildman–Crippen LogP) is 0.232. The van der Waals surface area contributed by atoms with Crippen LogP contribution in [0, 0.1) is 11.8 Å². The first kappa shape index (κ1) is 24.9. The van der Waals surface area contributed by atoms with Crippen molar-refractivity contribution in [3.05, 3.63) is 45.7 Å². The maximum atomic E-state index is 13.8. The first-order valence-corrected chi connectivity index (χ1v) is 11.2. The lowest BCUT2D eigenvalue weighted by Gasteiger charge is -2.52. The molecule has 0 spiro atoms. The highest BCUT2D eigenvalue weighted by atomic mass is 16.4. The molecular formula is C25H30N2O8. The lowest BCUT2D eigenvalue weighted by molar-refractivity contribution is -0.168. The van der Waals surface area contributed by atoms with Gasteiger partial charge in [0.05, 0.1) is 23.6 Å². The number of amides is 1. The van der Waals surface area contributed by atoms with Gasteiger partial charge in [0.2, 0.25) is 5.78 Å². The van der Waals surface area contributed by atoms with Gasteiger partial charge in [-0.15, -0.1) is 0 Å². The Bertz CT molecular complexity index is 1240. The van der Waals surface area contributed by atoms with Gasteiger partial charge in [-0.3, -0.25) is 19.3 Å². The molecule has 4 rings (SSSR count). The van der Waals surface area contributed by atoms with Crippen molar-refractivity contribution in [1.82, 2.24) is 4.90 Å². The number of likely N-dealkylation sites (N-methyl/N-ethyl adjacent to an activating group) is 1. The molecule has 1 aromatic rings. The maximum Gasteiger partial charge on any atom is 0.255 e. The van der Waals surface area contributed by atoms with E-state index in [4.69, 9.17) is 5.73 Å². The second kappa shape index (κ2) is 7.64. The number of benzene rings is 1. The lowest BCUT2D eigenvalue weighted by atomic mass is 9.56. The number of hydrogen-bond donors (Lipinski definition) is 6. The molecular weight excluding hydrogens is 456 g/mol. The third-order valence-corrected chi connectivity index (χ3v) is 7.48. The van der Waals surface area contributed by atoms with Gasteiger partial charge in [0.1, 0.15) is 22.8 Å². The number of aromatic hydroxyl groups is 1. The van der Waals surface area contributed by atoms with Crippen LogP contribution < -0.4 is 5.73 Å². The fraction of sp³-hybridized carbons (Fsp3) is 0.480. The van der Waals surface area contributed by atoms with E-state index in [1.54, 1.807) is 12.1 Å². The number of hydrogen-bond acceptors (Lipinski definition) is 9. The second-order valence-electron chi connectivity index (χ2n) is 10.8. The van der Waals surface area contributed by atoms with Gasteiger partial charge in [-0.25, -0.2) is 0 Å². The first-order chi connectivity index (χ1) is 16.1. The molecule has 3 aliphatic rings. The van der Waals surface area contributed by atoms with Gasteiger partial charge in [-0.1, -0.05) is 32.9 Å². The van der Waals surface area contributed by atoms with Crippen LogP contribution in [0.1, 0.15) is 37.5 Å². The topological polar surface area (TPSA) is 182 Å². The lowest BCUT2D eigenvalue weighted by Crippen LogP contribution is -2.70. The molecule has 7 N–H and O–H groups in total. The van der Waals surface area contributed by atoms with Crippen LogP contribution in [0.3, 0.4) is 0 Å². The summed E-state index contributed by atoms with van der Waals surface area (Å²) in [7, 11) is 2.93. The standard InChI is InChI=1S/C25H30N2O8/c1-24(2,3)11-7-6-9-8-10-13(19(30)12(9)18(11)29)21(32)25(35)15(17(10)28)16(27(4)5)20(31)14(22(25)33)23(26)34/h6-7,10,15-17,28-30,33,35H,8H2,1-5H3,(H2,26,34)/t10-,15-,16+,17+,25+/m0/s1. The smallest absolute Gasteiger partial charge is 0.255 e. The van der Waals surface area contributed by atoms with Crippen LogP contribution in [0.2, 0.25) is 0 Å². The summed E-state index contributed by atoms with van der Waals surface area (Å²) >= 11 is 0. The quantitative estimate of drug-likeness (QED) is 0.319. The van der Waals surface area contributed by atoms with Crippen LogP contribution in [0.25, 0.3) is 5.76 Å². The minimum absolute atomic E-state index is 0.000847. The summed E-state index contributed by atoms with van der Waals surface area (Å²) in [6.07, 6.45) is -1.56. The minimum atomic E-state index is -2.90. The molecule has 1 fully saturated rings. The average Bonchev–Trinajstić information content (AvgIpc) is 2.72. The number of aliphatic hydroxyl groups is 4. The molecule has 10 heteroatoms. The van der Waals surface area contributed by atoms with Crippen molar-refractivity contribution in [2.75, 3.05) is 14.1 Å². The molecule has 0 unspecified atom stereocenters. The van der Waals surface area contributed by atoms with E-state index < -0.39 is 75.1 Å². The summed E-state index contributed by atoms with van der Waals surface area (Å²) in [4.78, 5) is 40.2. The van der Waals surface area contributed by atoms with Crippen LogP contribution in [0.4, 0.5) is 0 Å². The zero-order chi connectivity index (χ0) is 26.4. The highest BCUT2D eigenvalue weighted by Gasteiger charge is 2.67. The molecule has 5 atom stereocenters. The third-order valence-electron chi connectivity index (χ3n) is 7.48. The second-order valence-corrected chi connectivity index (χ2v) is 10.8. The molecule has 1 saturated carbocycles. The highest BCUT2D eigenvalue weighted by Crippen LogP contribution is 2.53. The van der Waals surface area contributed by atoms with Gasteiger partial charge in [-0.05, 0) is 31.5 Å². The number of fused-ring (bicyclic) bond motifs is 3. The van der Waals surface area contributed by atoms with Crippen molar-refractivity contribution in [3.8, 4) is 5.75 Å². The summed E-state index contributed by atoms with van der Waals surface area (Å²) in [6, 6.07) is 2.04. The van der Waals surface area contributed by atoms with Crippen molar-refractivity contribution in [1.29, 1.82) is 0 Å². The van der Waals surface area contributed by atoms with Gasteiger partial charge in [0.25, 0.3) is 5.91 Å². The number of nitrogens with zero attached hydrogens (tertiary/aromatic N) is 1. The van der Waals surface area contributed by atoms with E-state index in [1.165, 1.54) is 19.0 Å². The number of Topliss-reactive ketones (excluding diaryl/α,β-unsaturated/α-hetero) is 2. The fourth-order valence-electron chi connectivity index (χ4n) is 5.84. The van der Waals surface area contributed by atoms with Crippen LogP contribution in [-0.2, 0) is 26.2 Å². The van der Waals surface area contributed by atoms with Gasteiger partial charge in [0.15, 0.2) is 11.4 Å². The Kier molecular flexibility index (Phi) is 5.44. The molecule has 35 heavy (non-hydrogen) atoms. The van der Waals surface area contributed by atoms with Gasteiger partial charge < -0.3 is 31.3 Å².